The second-order valence-electron chi connectivity index (χ2n) is 7.44. The van der Waals surface area contributed by atoms with Crippen molar-refractivity contribution >= 4 is 23.2 Å². The van der Waals surface area contributed by atoms with Crippen molar-refractivity contribution < 1.29 is 9.59 Å². The van der Waals surface area contributed by atoms with Crippen molar-refractivity contribution in [3.63, 3.8) is 0 Å². The molecule has 142 valence electrons. The van der Waals surface area contributed by atoms with Crippen LogP contribution in [0.5, 0.6) is 0 Å². The van der Waals surface area contributed by atoms with Crippen LogP contribution in [0.1, 0.15) is 48.2 Å². The summed E-state index contributed by atoms with van der Waals surface area (Å²) in [4.78, 5) is 38.0. The van der Waals surface area contributed by atoms with Gasteiger partial charge in [0, 0.05) is 43.8 Å². The number of hydrogen-bond donors (Lipinski definition) is 0. The number of carbonyl (C=O) groups is 2. The Morgan fingerprint density at radius 3 is 2.81 bits per heavy atom. The number of likely N-dealkylation sites (tertiary alicyclic amines) is 2. The number of aromatic nitrogens is 2. The number of piperidine rings is 1. The first-order chi connectivity index (χ1) is 13.2. The Bertz CT molecular complexity index is 796. The Morgan fingerprint density at radius 1 is 1.22 bits per heavy atom. The minimum atomic E-state index is -0.219. The Balaban J connectivity index is 1.43. The third-order valence-corrected chi connectivity index (χ3v) is 6.34. The van der Waals surface area contributed by atoms with Gasteiger partial charge in [-0.05, 0) is 43.7 Å². The summed E-state index contributed by atoms with van der Waals surface area (Å²) in [7, 11) is 0. The van der Waals surface area contributed by atoms with Crippen molar-refractivity contribution in [2.45, 2.75) is 44.1 Å². The molecule has 2 saturated heterocycles. The third-order valence-electron chi connectivity index (χ3n) is 5.75. The summed E-state index contributed by atoms with van der Waals surface area (Å²) in [6.45, 7) is 2.19. The number of amides is 2. The first-order valence-electron chi connectivity index (χ1n) is 9.55. The van der Waals surface area contributed by atoms with Gasteiger partial charge in [-0.1, -0.05) is 6.07 Å². The molecular formula is C20H24N4O2S. The summed E-state index contributed by atoms with van der Waals surface area (Å²) in [6.07, 6.45) is 8.63. The molecule has 1 spiro atoms. The van der Waals surface area contributed by atoms with Gasteiger partial charge in [0.15, 0.2) is 0 Å². The second-order valence-corrected chi connectivity index (χ2v) is 8.16. The van der Waals surface area contributed by atoms with Gasteiger partial charge in [0.1, 0.15) is 5.69 Å². The zero-order chi connectivity index (χ0) is 18.7. The molecule has 7 heteroatoms. The van der Waals surface area contributed by atoms with E-state index in [0.29, 0.717) is 25.1 Å². The molecule has 0 aromatic carbocycles. The lowest BCUT2D eigenvalue weighted by Gasteiger charge is -2.45. The molecule has 2 fully saturated rings. The highest BCUT2D eigenvalue weighted by Gasteiger charge is 2.47. The van der Waals surface area contributed by atoms with E-state index in [0.717, 1.165) is 44.3 Å². The van der Waals surface area contributed by atoms with Crippen LogP contribution in [0.4, 0.5) is 0 Å². The average molecular weight is 385 g/mol. The van der Waals surface area contributed by atoms with E-state index < -0.39 is 0 Å². The van der Waals surface area contributed by atoms with Crippen LogP contribution < -0.4 is 0 Å². The second kappa shape index (κ2) is 7.76. The highest BCUT2D eigenvalue weighted by Crippen LogP contribution is 2.38. The smallest absolute Gasteiger partial charge is 0.273 e. The number of aryl methyl sites for hydroxylation is 1. The average Bonchev–Trinajstić information content (AvgIpc) is 3.37. The van der Waals surface area contributed by atoms with Crippen molar-refractivity contribution in [3.05, 3.63) is 46.7 Å². The Labute approximate surface area is 163 Å². The van der Waals surface area contributed by atoms with Crippen LogP contribution in [0.25, 0.3) is 0 Å². The molecule has 4 rings (SSSR count). The lowest BCUT2D eigenvalue weighted by Crippen LogP contribution is -2.58. The molecule has 0 saturated carbocycles. The fraction of sp³-hybridized carbons (Fsp3) is 0.500. The fourth-order valence-electron chi connectivity index (χ4n) is 4.42. The molecule has 2 aromatic heterocycles. The summed E-state index contributed by atoms with van der Waals surface area (Å²) >= 11 is 1.44. The first kappa shape index (κ1) is 18.1. The highest BCUT2D eigenvalue weighted by atomic mass is 32.1. The monoisotopic (exact) mass is 384 g/mol. The van der Waals surface area contributed by atoms with Crippen LogP contribution in [0.2, 0.25) is 0 Å². The molecule has 2 aliphatic rings. The lowest BCUT2D eigenvalue weighted by molar-refractivity contribution is -0.134. The predicted octanol–water partition coefficient (Wildman–Crippen LogP) is 2.77. The summed E-state index contributed by atoms with van der Waals surface area (Å²) < 4.78 is 0. The number of hydrogen-bond acceptors (Lipinski definition) is 5. The van der Waals surface area contributed by atoms with E-state index in [1.807, 2.05) is 33.5 Å². The Morgan fingerprint density at radius 2 is 2.07 bits per heavy atom. The van der Waals surface area contributed by atoms with Gasteiger partial charge in [0.2, 0.25) is 5.91 Å². The van der Waals surface area contributed by atoms with Gasteiger partial charge in [-0.3, -0.25) is 14.6 Å². The van der Waals surface area contributed by atoms with Crippen molar-refractivity contribution in [1.29, 1.82) is 0 Å². The first-order valence-corrected chi connectivity index (χ1v) is 10.5. The number of thiazole rings is 1. The maximum atomic E-state index is 12.9. The van der Waals surface area contributed by atoms with E-state index in [4.69, 9.17) is 0 Å². The van der Waals surface area contributed by atoms with Gasteiger partial charge in [0.05, 0.1) is 11.0 Å². The standard InChI is InChI=1S/C20H24N4O2S/c25-18(6-5-16-4-1-9-21-12-16)23-10-2-7-20(14-23)8-3-11-24(20)19(26)17-13-27-15-22-17/h1,4,9,12-13,15H,2-3,5-8,10-11,14H2. The molecule has 4 heterocycles. The number of rotatable bonds is 4. The zero-order valence-electron chi connectivity index (χ0n) is 15.3. The molecule has 0 aliphatic carbocycles. The van der Waals surface area contributed by atoms with Gasteiger partial charge >= 0.3 is 0 Å². The van der Waals surface area contributed by atoms with Gasteiger partial charge in [-0.2, -0.15) is 0 Å². The van der Waals surface area contributed by atoms with E-state index in [-0.39, 0.29) is 17.4 Å². The fourth-order valence-corrected chi connectivity index (χ4v) is 4.94. The zero-order valence-corrected chi connectivity index (χ0v) is 16.2. The van der Waals surface area contributed by atoms with Gasteiger partial charge in [-0.25, -0.2) is 4.98 Å². The number of pyridine rings is 1. The molecule has 2 aromatic rings. The molecular weight excluding hydrogens is 360 g/mol. The molecule has 2 amide bonds. The minimum absolute atomic E-state index is 0.0124. The van der Waals surface area contributed by atoms with Crippen LogP contribution in [-0.4, -0.2) is 56.8 Å². The number of carbonyl (C=O) groups excluding carboxylic acids is 2. The summed E-state index contributed by atoms with van der Waals surface area (Å²) in [6, 6.07) is 3.90. The molecule has 1 atom stereocenters. The van der Waals surface area contributed by atoms with E-state index in [2.05, 4.69) is 9.97 Å². The van der Waals surface area contributed by atoms with Gasteiger partial charge in [0.25, 0.3) is 5.91 Å². The maximum Gasteiger partial charge on any atom is 0.273 e. The maximum absolute atomic E-state index is 12.9. The van der Waals surface area contributed by atoms with Crippen molar-refractivity contribution in [1.82, 2.24) is 19.8 Å². The predicted molar refractivity (Wildman–Crippen MR) is 103 cm³/mol. The normalized spacial score (nSPS) is 22.4. The van der Waals surface area contributed by atoms with Gasteiger partial charge < -0.3 is 9.80 Å². The third kappa shape index (κ3) is 3.74. The molecule has 0 N–H and O–H groups in total. The lowest BCUT2D eigenvalue weighted by atomic mass is 9.86. The van der Waals surface area contributed by atoms with Crippen LogP contribution in [-0.2, 0) is 11.2 Å². The molecule has 1 unspecified atom stereocenters. The number of nitrogens with zero attached hydrogens (tertiary/aromatic N) is 4. The molecule has 0 radical (unpaired) electrons. The van der Waals surface area contributed by atoms with Crippen LogP contribution >= 0.6 is 11.3 Å². The quantitative estimate of drug-likeness (QED) is 0.813. The largest absolute Gasteiger partial charge is 0.340 e. The van der Waals surface area contributed by atoms with Crippen molar-refractivity contribution in [3.8, 4) is 0 Å². The molecule has 27 heavy (non-hydrogen) atoms. The van der Waals surface area contributed by atoms with Gasteiger partial charge in [-0.15, -0.1) is 11.3 Å². The molecule has 0 bridgehead atoms. The highest BCUT2D eigenvalue weighted by molar-refractivity contribution is 7.07. The van der Waals surface area contributed by atoms with E-state index in [1.165, 1.54) is 11.3 Å². The van der Waals surface area contributed by atoms with E-state index >= 15 is 0 Å². The van der Waals surface area contributed by atoms with Crippen LogP contribution in [0, 0.1) is 0 Å². The summed E-state index contributed by atoms with van der Waals surface area (Å²) in [5, 5.41) is 1.81. The van der Waals surface area contributed by atoms with E-state index in [1.54, 1.807) is 11.7 Å². The summed E-state index contributed by atoms with van der Waals surface area (Å²) in [5.41, 5.74) is 3.09. The molecule has 6 nitrogen and oxygen atoms in total. The minimum Gasteiger partial charge on any atom is -0.340 e. The SMILES string of the molecule is O=C(CCc1cccnc1)N1CCCC2(CCCN2C(=O)c2cscn2)C1. The topological polar surface area (TPSA) is 66.4 Å². The summed E-state index contributed by atoms with van der Waals surface area (Å²) in [5.74, 6) is 0.185. The Kier molecular flexibility index (Phi) is 5.20. The van der Waals surface area contributed by atoms with Crippen LogP contribution in [0.3, 0.4) is 0 Å². The van der Waals surface area contributed by atoms with Crippen molar-refractivity contribution in [2.24, 2.45) is 0 Å². The van der Waals surface area contributed by atoms with Crippen molar-refractivity contribution in [2.75, 3.05) is 19.6 Å². The van der Waals surface area contributed by atoms with E-state index in [9.17, 15) is 9.59 Å². The molecule has 2 aliphatic heterocycles. The van der Waals surface area contributed by atoms with Crippen LogP contribution in [0.15, 0.2) is 35.4 Å². The Hall–Kier alpha value is -2.28.